The fraction of sp³-hybridized carbons (Fsp3) is 0.304. The molecule has 0 aliphatic carbocycles. The zero-order valence-electron chi connectivity index (χ0n) is 18.6. The molecule has 0 amide bonds. The number of aryl methyl sites for hydroxylation is 1. The number of thiocarbonyl (C=S) groups is 1. The maximum Gasteiger partial charge on any atom is 0.418 e. The minimum absolute atomic E-state index is 0.0102. The van der Waals surface area contributed by atoms with Gasteiger partial charge in [0.05, 0.1) is 31.8 Å². The van der Waals surface area contributed by atoms with Crippen molar-refractivity contribution in [3.05, 3.63) is 71.3 Å². The van der Waals surface area contributed by atoms with E-state index in [1.54, 1.807) is 43.8 Å². The summed E-state index contributed by atoms with van der Waals surface area (Å²) in [7, 11) is 3.10. The number of nitrogens with one attached hydrogen (secondary N) is 1. The van der Waals surface area contributed by atoms with Crippen LogP contribution in [0.4, 0.5) is 18.9 Å². The molecule has 2 aromatic carbocycles. The van der Waals surface area contributed by atoms with E-state index in [1.165, 1.54) is 12.1 Å². The van der Waals surface area contributed by atoms with Gasteiger partial charge >= 0.3 is 6.18 Å². The fourth-order valence-corrected chi connectivity index (χ4v) is 3.80. The van der Waals surface area contributed by atoms with Gasteiger partial charge in [0, 0.05) is 48.7 Å². The monoisotopic (exact) mass is 512 g/mol. The highest BCUT2D eigenvalue weighted by Gasteiger charge is 2.34. The van der Waals surface area contributed by atoms with Crippen molar-refractivity contribution >= 4 is 34.6 Å². The molecule has 182 valence electrons. The molecule has 11 heteroatoms. The maximum absolute atomic E-state index is 13.6. The molecular weight excluding hydrogens is 489 g/mol. The summed E-state index contributed by atoms with van der Waals surface area (Å²) in [5.74, 6) is 1.22. The Morgan fingerprint density at radius 2 is 1.97 bits per heavy atom. The standard InChI is InChI=1S/C23H24ClF3N4O2S/c1-32-18-6-4-16(21(13-18)33-2)14-31(10-3-9-30-11-8-28-15-30)22(34)29-20-7-5-17(24)12-19(20)23(25,26)27/h4-8,11-13,15H,3,9-10,14H2,1-2H3,(H,29,34). The molecule has 6 nitrogen and oxygen atoms in total. The summed E-state index contributed by atoms with van der Waals surface area (Å²) in [6, 6.07) is 8.91. The van der Waals surface area contributed by atoms with Crippen molar-refractivity contribution in [3.63, 3.8) is 0 Å². The number of hydrogen-bond donors (Lipinski definition) is 1. The van der Waals surface area contributed by atoms with Crippen LogP contribution in [-0.2, 0) is 19.3 Å². The molecule has 34 heavy (non-hydrogen) atoms. The number of anilines is 1. The molecule has 3 aromatic rings. The zero-order valence-corrected chi connectivity index (χ0v) is 20.2. The number of imidazole rings is 1. The topological polar surface area (TPSA) is 51.5 Å². The second kappa shape index (κ2) is 11.4. The van der Waals surface area contributed by atoms with Crippen LogP contribution in [0.2, 0.25) is 5.02 Å². The van der Waals surface area contributed by atoms with Gasteiger partial charge in [-0.1, -0.05) is 11.6 Å². The highest BCUT2D eigenvalue weighted by Crippen LogP contribution is 2.36. The molecule has 0 fully saturated rings. The van der Waals surface area contributed by atoms with E-state index in [9.17, 15) is 13.2 Å². The third-order valence-electron chi connectivity index (χ3n) is 5.07. The second-order valence-corrected chi connectivity index (χ2v) is 8.19. The van der Waals surface area contributed by atoms with Crippen LogP contribution < -0.4 is 14.8 Å². The number of alkyl halides is 3. The van der Waals surface area contributed by atoms with Crippen molar-refractivity contribution < 1.29 is 22.6 Å². The van der Waals surface area contributed by atoms with Crippen LogP contribution in [0.15, 0.2) is 55.1 Å². The Morgan fingerprint density at radius 3 is 2.62 bits per heavy atom. The van der Waals surface area contributed by atoms with Gasteiger partial charge in [-0.15, -0.1) is 0 Å². The van der Waals surface area contributed by atoms with E-state index in [0.29, 0.717) is 37.6 Å². The molecule has 0 radical (unpaired) electrons. The van der Waals surface area contributed by atoms with Gasteiger partial charge in [0.1, 0.15) is 11.5 Å². The molecule has 0 bridgehead atoms. The summed E-state index contributed by atoms with van der Waals surface area (Å²) in [4.78, 5) is 5.82. The highest BCUT2D eigenvalue weighted by atomic mass is 35.5. The molecule has 0 spiro atoms. The number of aromatic nitrogens is 2. The largest absolute Gasteiger partial charge is 0.497 e. The molecule has 0 aliphatic heterocycles. The van der Waals surface area contributed by atoms with Crippen LogP contribution in [-0.4, -0.2) is 40.3 Å². The van der Waals surface area contributed by atoms with Gasteiger partial charge in [-0.2, -0.15) is 13.2 Å². The Labute approximate surface area is 206 Å². The van der Waals surface area contributed by atoms with Gasteiger partial charge in [-0.05, 0) is 49.0 Å². The van der Waals surface area contributed by atoms with Gasteiger partial charge in [0.25, 0.3) is 0 Å². The summed E-state index contributed by atoms with van der Waals surface area (Å²) in [6.45, 7) is 1.47. The minimum atomic E-state index is -4.59. The lowest BCUT2D eigenvalue weighted by molar-refractivity contribution is -0.136. The van der Waals surface area contributed by atoms with Crippen LogP contribution >= 0.6 is 23.8 Å². The van der Waals surface area contributed by atoms with Crippen molar-refractivity contribution in [1.29, 1.82) is 0 Å². The molecule has 0 saturated carbocycles. The number of benzene rings is 2. The molecule has 0 atom stereocenters. The first-order valence-corrected chi connectivity index (χ1v) is 11.1. The second-order valence-electron chi connectivity index (χ2n) is 7.37. The van der Waals surface area contributed by atoms with Crippen molar-refractivity contribution in [2.75, 3.05) is 26.1 Å². The quantitative estimate of drug-likeness (QED) is 0.362. The molecule has 3 rings (SSSR count). The van der Waals surface area contributed by atoms with Crippen molar-refractivity contribution in [2.24, 2.45) is 0 Å². The van der Waals surface area contributed by atoms with E-state index in [-0.39, 0.29) is 15.8 Å². The zero-order chi connectivity index (χ0) is 24.7. The number of methoxy groups -OCH3 is 2. The van der Waals surface area contributed by atoms with Gasteiger partial charge in [-0.25, -0.2) is 4.98 Å². The Balaban J connectivity index is 1.84. The summed E-state index contributed by atoms with van der Waals surface area (Å²) >= 11 is 11.3. The summed E-state index contributed by atoms with van der Waals surface area (Å²) in [6.07, 6.45) is 1.33. The normalized spacial score (nSPS) is 11.2. The predicted octanol–water partition coefficient (Wildman–Crippen LogP) is 5.86. The third-order valence-corrected chi connectivity index (χ3v) is 5.67. The number of ether oxygens (including phenoxy) is 2. The smallest absolute Gasteiger partial charge is 0.418 e. The lowest BCUT2D eigenvalue weighted by Gasteiger charge is -2.28. The molecule has 0 unspecified atom stereocenters. The average molecular weight is 513 g/mol. The molecule has 1 N–H and O–H groups in total. The fourth-order valence-electron chi connectivity index (χ4n) is 3.36. The lowest BCUT2D eigenvalue weighted by atomic mass is 10.1. The first kappa shape index (κ1) is 25.6. The third kappa shape index (κ3) is 6.77. The number of halogens is 4. The Morgan fingerprint density at radius 1 is 1.18 bits per heavy atom. The Kier molecular flexibility index (Phi) is 8.62. The summed E-state index contributed by atoms with van der Waals surface area (Å²) in [5.41, 5.74) is -0.242. The molecular formula is C23H24ClF3N4O2S. The number of rotatable bonds is 9. The average Bonchev–Trinajstić information content (AvgIpc) is 3.32. The van der Waals surface area contributed by atoms with Gasteiger partial charge in [0.15, 0.2) is 5.11 Å². The minimum Gasteiger partial charge on any atom is -0.497 e. The van der Waals surface area contributed by atoms with E-state index >= 15 is 0 Å². The van der Waals surface area contributed by atoms with E-state index in [1.807, 2.05) is 16.8 Å². The van der Waals surface area contributed by atoms with Crippen molar-refractivity contribution in [3.8, 4) is 11.5 Å². The van der Waals surface area contributed by atoms with E-state index in [2.05, 4.69) is 10.3 Å². The first-order chi connectivity index (χ1) is 16.2. The summed E-state index contributed by atoms with van der Waals surface area (Å²) in [5, 5.41) is 2.90. The van der Waals surface area contributed by atoms with Gasteiger partial charge in [0.2, 0.25) is 0 Å². The predicted molar refractivity (Wildman–Crippen MR) is 129 cm³/mol. The Hall–Kier alpha value is -2.98. The highest BCUT2D eigenvalue weighted by molar-refractivity contribution is 7.80. The van der Waals surface area contributed by atoms with Crippen LogP contribution in [0.1, 0.15) is 17.5 Å². The molecule has 1 aromatic heterocycles. The number of hydrogen-bond acceptors (Lipinski definition) is 4. The maximum atomic E-state index is 13.6. The molecule has 0 saturated heterocycles. The summed E-state index contributed by atoms with van der Waals surface area (Å²) < 4.78 is 53.3. The SMILES string of the molecule is COc1ccc(CN(CCCn2ccnc2)C(=S)Nc2ccc(Cl)cc2C(F)(F)F)c(OC)c1. The van der Waals surface area contributed by atoms with Crippen LogP contribution in [0, 0.1) is 0 Å². The van der Waals surface area contributed by atoms with Gasteiger partial charge < -0.3 is 24.3 Å². The van der Waals surface area contributed by atoms with E-state index in [0.717, 1.165) is 11.6 Å². The van der Waals surface area contributed by atoms with E-state index in [4.69, 9.17) is 33.3 Å². The molecule has 1 heterocycles. The van der Waals surface area contributed by atoms with E-state index < -0.39 is 11.7 Å². The Bertz CT molecular complexity index is 1110. The first-order valence-electron chi connectivity index (χ1n) is 10.3. The van der Waals surface area contributed by atoms with Crippen LogP contribution in [0.5, 0.6) is 11.5 Å². The van der Waals surface area contributed by atoms with Gasteiger partial charge in [-0.3, -0.25) is 0 Å². The lowest BCUT2D eigenvalue weighted by Crippen LogP contribution is -2.36. The number of nitrogens with zero attached hydrogens (tertiary/aromatic N) is 3. The van der Waals surface area contributed by atoms with Crippen molar-refractivity contribution in [1.82, 2.24) is 14.5 Å². The van der Waals surface area contributed by atoms with Crippen LogP contribution in [0.3, 0.4) is 0 Å². The van der Waals surface area contributed by atoms with Crippen LogP contribution in [0.25, 0.3) is 0 Å². The molecule has 0 aliphatic rings. The van der Waals surface area contributed by atoms with Crippen molar-refractivity contribution in [2.45, 2.75) is 25.7 Å².